The summed E-state index contributed by atoms with van der Waals surface area (Å²) in [7, 11) is -7.97. The molecule has 0 aliphatic heterocycles. The van der Waals surface area contributed by atoms with Crippen LogP contribution in [0.15, 0.2) is 65.6 Å². The maximum atomic E-state index is 13.8. The molecule has 12 heteroatoms. The molecule has 1 unspecified atom stereocenters. The molecule has 176 valence electrons. The van der Waals surface area contributed by atoms with Crippen LogP contribution in [0, 0.1) is 10.1 Å². The zero-order valence-electron chi connectivity index (χ0n) is 18.0. The van der Waals surface area contributed by atoms with E-state index in [0.717, 1.165) is 0 Å². The number of fused-ring (bicyclic) bond motifs is 1. The first-order chi connectivity index (χ1) is 15.6. The number of primary sulfonamides is 1. The summed E-state index contributed by atoms with van der Waals surface area (Å²) < 4.78 is 49.0. The van der Waals surface area contributed by atoms with Crippen molar-refractivity contribution in [1.82, 2.24) is 0 Å². The van der Waals surface area contributed by atoms with E-state index in [1.807, 2.05) is 0 Å². The lowest BCUT2D eigenvalue weighted by Gasteiger charge is -2.28. The number of nitro groups is 1. The van der Waals surface area contributed by atoms with E-state index < -0.39 is 28.3 Å². The zero-order chi connectivity index (χ0) is 24.2. The van der Waals surface area contributed by atoms with Crippen LogP contribution in [0.5, 0.6) is 0 Å². The van der Waals surface area contributed by atoms with Crippen molar-refractivity contribution in [2.45, 2.75) is 24.5 Å². The third-order valence-electron chi connectivity index (χ3n) is 4.83. The Labute approximate surface area is 191 Å². The third kappa shape index (κ3) is 5.23. The van der Waals surface area contributed by atoms with Crippen molar-refractivity contribution in [2.75, 3.05) is 18.5 Å². The van der Waals surface area contributed by atoms with Gasteiger partial charge in [-0.1, -0.05) is 42.5 Å². The number of rotatable bonds is 10. The second kappa shape index (κ2) is 9.98. The van der Waals surface area contributed by atoms with Crippen molar-refractivity contribution in [1.29, 1.82) is 0 Å². The Balaban J connectivity index is 2.31. The van der Waals surface area contributed by atoms with E-state index in [9.17, 15) is 23.1 Å². The third-order valence-corrected chi connectivity index (χ3v) is 8.10. The number of nitrogens with two attached hydrogens (primary N) is 1. The summed E-state index contributed by atoms with van der Waals surface area (Å²) in [5, 5.41) is 20.6. The van der Waals surface area contributed by atoms with E-state index in [1.54, 1.807) is 44.2 Å². The van der Waals surface area contributed by atoms with Gasteiger partial charge in [0.1, 0.15) is 5.69 Å². The molecule has 3 aromatic rings. The fourth-order valence-electron chi connectivity index (χ4n) is 3.53. The number of sulfonamides is 1. The molecule has 0 fully saturated rings. The number of nitrogens with one attached hydrogen (secondary N) is 1. The van der Waals surface area contributed by atoms with Crippen molar-refractivity contribution >= 4 is 39.8 Å². The molecule has 3 rings (SSSR count). The summed E-state index contributed by atoms with van der Waals surface area (Å²) in [6.07, 6.45) is 0. The highest BCUT2D eigenvalue weighted by atomic mass is 32.2. The molecular formula is C21H24N3O7PS. The predicted octanol–water partition coefficient (Wildman–Crippen LogP) is 4.77. The van der Waals surface area contributed by atoms with E-state index in [1.165, 1.54) is 30.3 Å². The number of nitro benzene ring substituents is 1. The minimum atomic E-state index is -4.11. The number of benzene rings is 3. The van der Waals surface area contributed by atoms with Crippen LogP contribution in [0.25, 0.3) is 10.8 Å². The Morgan fingerprint density at radius 2 is 1.64 bits per heavy atom. The van der Waals surface area contributed by atoms with Gasteiger partial charge in [0.15, 0.2) is 5.78 Å². The summed E-state index contributed by atoms with van der Waals surface area (Å²) in [6.45, 7) is 3.48. The van der Waals surface area contributed by atoms with E-state index in [4.69, 9.17) is 14.2 Å². The normalized spacial score (nSPS) is 13.1. The molecule has 0 amide bonds. The average molecular weight is 493 g/mol. The molecule has 0 saturated carbocycles. The van der Waals surface area contributed by atoms with Crippen LogP contribution in [0.2, 0.25) is 0 Å². The minimum absolute atomic E-state index is 0.0310. The van der Waals surface area contributed by atoms with Gasteiger partial charge in [0, 0.05) is 16.8 Å². The monoisotopic (exact) mass is 493 g/mol. The average Bonchev–Trinajstić information content (AvgIpc) is 2.76. The highest BCUT2D eigenvalue weighted by molar-refractivity contribution is 7.89. The van der Waals surface area contributed by atoms with Crippen molar-refractivity contribution < 1.29 is 27.0 Å². The second-order valence-electron chi connectivity index (χ2n) is 6.95. The SMILES string of the molecule is CCOP(=O)(OCC)C(Nc1c([N+](=O)[O-])ccc2c(S(N)(=O)=O)cccc12)c1ccccc1. The maximum Gasteiger partial charge on any atom is 0.357 e. The maximum absolute atomic E-state index is 13.8. The Morgan fingerprint density at radius 3 is 2.18 bits per heavy atom. The highest BCUT2D eigenvalue weighted by Crippen LogP contribution is 2.61. The summed E-state index contributed by atoms with van der Waals surface area (Å²) in [5.74, 6) is -1.11. The smallest absolute Gasteiger partial charge is 0.357 e. The van der Waals surface area contributed by atoms with Crippen molar-refractivity contribution in [3.63, 3.8) is 0 Å². The van der Waals surface area contributed by atoms with Gasteiger partial charge in [0.05, 0.1) is 23.0 Å². The predicted molar refractivity (Wildman–Crippen MR) is 126 cm³/mol. The molecule has 1 atom stereocenters. The molecule has 10 nitrogen and oxygen atoms in total. The van der Waals surface area contributed by atoms with Crippen LogP contribution < -0.4 is 10.5 Å². The van der Waals surface area contributed by atoms with Crippen molar-refractivity contribution in [3.05, 3.63) is 76.3 Å². The molecule has 0 spiro atoms. The molecule has 0 aliphatic rings. The zero-order valence-corrected chi connectivity index (χ0v) is 19.7. The number of hydrogen-bond acceptors (Lipinski definition) is 8. The molecule has 0 saturated heterocycles. The van der Waals surface area contributed by atoms with Crippen molar-refractivity contribution in [3.8, 4) is 0 Å². The highest BCUT2D eigenvalue weighted by Gasteiger charge is 2.38. The van der Waals surface area contributed by atoms with Gasteiger partial charge < -0.3 is 14.4 Å². The standard InChI is InChI=1S/C21H24N3O7PS/c1-3-30-32(27,31-4-2)21(15-9-6-5-7-10-15)23-20-17-11-8-12-19(33(22,28)29)16(17)13-14-18(20)24(25)26/h5-14,21,23H,3-4H2,1-2H3,(H2,22,28,29). The van der Waals surface area contributed by atoms with Gasteiger partial charge in [0.2, 0.25) is 10.0 Å². The van der Waals surface area contributed by atoms with Crippen LogP contribution in [-0.2, 0) is 23.6 Å². The Bertz CT molecular complexity index is 1310. The van der Waals surface area contributed by atoms with E-state index in [0.29, 0.717) is 5.56 Å². The number of anilines is 1. The Kier molecular flexibility index (Phi) is 7.51. The first-order valence-electron chi connectivity index (χ1n) is 10.1. The van der Waals surface area contributed by atoms with Gasteiger partial charge >= 0.3 is 7.60 Å². The van der Waals surface area contributed by atoms with Crippen LogP contribution in [-0.4, -0.2) is 26.6 Å². The van der Waals surface area contributed by atoms with Crippen LogP contribution >= 0.6 is 7.60 Å². The van der Waals surface area contributed by atoms with E-state index in [2.05, 4.69) is 5.32 Å². The number of nitrogens with zero attached hydrogens (tertiary/aromatic N) is 1. The van der Waals surface area contributed by atoms with Gasteiger partial charge in [-0.2, -0.15) is 0 Å². The second-order valence-corrected chi connectivity index (χ2v) is 10.6. The van der Waals surface area contributed by atoms with Crippen LogP contribution in [0.3, 0.4) is 0 Å². The fourth-order valence-corrected chi connectivity index (χ4v) is 6.20. The summed E-state index contributed by atoms with van der Waals surface area (Å²) in [5.41, 5.74) is 0.141. The minimum Gasteiger partial charge on any atom is -0.362 e. The topological polar surface area (TPSA) is 151 Å². The first kappa shape index (κ1) is 24.8. The van der Waals surface area contributed by atoms with Crippen LogP contribution in [0.4, 0.5) is 11.4 Å². The van der Waals surface area contributed by atoms with Gasteiger partial charge in [-0.3, -0.25) is 14.7 Å². The first-order valence-corrected chi connectivity index (χ1v) is 13.2. The molecule has 0 heterocycles. The van der Waals surface area contributed by atoms with E-state index in [-0.39, 0.29) is 40.3 Å². The quantitative estimate of drug-likeness (QED) is 0.233. The van der Waals surface area contributed by atoms with Gasteiger partial charge in [-0.25, -0.2) is 13.6 Å². The molecule has 3 N–H and O–H groups in total. The number of hydrogen-bond donors (Lipinski definition) is 2. The lowest BCUT2D eigenvalue weighted by Crippen LogP contribution is -2.17. The lowest BCUT2D eigenvalue weighted by molar-refractivity contribution is -0.383. The molecule has 0 aliphatic carbocycles. The molecular weight excluding hydrogens is 469 g/mol. The van der Waals surface area contributed by atoms with Gasteiger partial charge in [0.25, 0.3) is 5.69 Å². The summed E-state index contributed by atoms with van der Waals surface area (Å²) >= 11 is 0. The molecule has 33 heavy (non-hydrogen) atoms. The van der Waals surface area contributed by atoms with Gasteiger partial charge in [-0.05, 0) is 31.5 Å². The Hall–Kier alpha value is -2.82. The summed E-state index contributed by atoms with van der Waals surface area (Å²) in [6, 6.07) is 15.4. The molecule has 3 aromatic carbocycles. The Morgan fingerprint density at radius 1 is 1.00 bits per heavy atom. The lowest BCUT2D eigenvalue weighted by atomic mass is 10.1. The van der Waals surface area contributed by atoms with E-state index >= 15 is 0 Å². The molecule has 0 bridgehead atoms. The van der Waals surface area contributed by atoms with Gasteiger partial charge in [-0.15, -0.1) is 0 Å². The summed E-state index contributed by atoms with van der Waals surface area (Å²) in [4.78, 5) is 11.1. The fraction of sp³-hybridized carbons (Fsp3) is 0.238. The largest absolute Gasteiger partial charge is 0.362 e. The van der Waals surface area contributed by atoms with Crippen molar-refractivity contribution in [2.24, 2.45) is 5.14 Å². The molecule has 0 radical (unpaired) electrons. The molecule has 0 aromatic heterocycles. The van der Waals surface area contributed by atoms with Crippen LogP contribution in [0.1, 0.15) is 25.2 Å².